The van der Waals surface area contributed by atoms with Crippen molar-refractivity contribution in [2.45, 2.75) is 31.7 Å². The summed E-state index contributed by atoms with van der Waals surface area (Å²) in [6.07, 6.45) is 1.77. The molecule has 0 spiro atoms. The van der Waals surface area contributed by atoms with E-state index >= 15 is 0 Å². The molecule has 9 nitrogen and oxygen atoms in total. The van der Waals surface area contributed by atoms with Crippen LogP contribution in [0.15, 0.2) is 41.4 Å². The first kappa shape index (κ1) is 22.1. The molecule has 10 heteroatoms. The van der Waals surface area contributed by atoms with Crippen LogP contribution < -0.4 is 9.62 Å². The van der Waals surface area contributed by atoms with Gasteiger partial charge >= 0.3 is 0 Å². The maximum atomic E-state index is 12.9. The number of anilines is 1. The van der Waals surface area contributed by atoms with Crippen LogP contribution in [0.1, 0.15) is 18.1 Å². The highest BCUT2D eigenvalue weighted by Crippen LogP contribution is 2.25. The van der Waals surface area contributed by atoms with Gasteiger partial charge in [0.15, 0.2) is 0 Å². The first-order valence-corrected chi connectivity index (χ1v) is 11.3. The molecule has 162 valence electrons. The highest BCUT2D eigenvalue weighted by molar-refractivity contribution is 7.89. The maximum absolute atomic E-state index is 12.9. The lowest BCUT2D eigenvalue weighted by Crippen LogP contribution is -2.51. The molecule has 1 aromatic heterocycles. The van der Waals surface area contributed by atoms with E-state index in [0.29, 0.717) is 17.7 Å². The Labute approximate surface area is 176 Å². The van der Waals surface area contributed by atoms with Crippen LogP contribution in [0.3, 0.4) is 0 Å². The van der Waals surface area contributed by atoms with E-state index in [4.69, 9.17) is 0 Å². The van der Waals surface area contributed by atoms with Crippen LogP contribution in [-0.4, -0.2) is 62.0 Å². The maximum Gasteiger partial charge on any atom is 0.271 e. The number of sulfonamides is 1. The summed E-state index contributed by atoms with van der Waals surface area (Å²) < 4.78 is 28.5. The molecule has 1 aliphatic rings. The van der Waals surface area contributed by atoms with Gasteiger partial charge in [-0.15, -0.1) is 0 Å². The predicted molar refractivity (Wildman–Crippen MR) is 115 cm³/mol. The lowest BCUT2D eigenvalue weighted by atomic mass is 10.1. The Hall–Kier alpha value is -2.56. The van der Waals surface area contributed by atoms with Crippen molar-refractivity contribution in [1.29, 1.82) is 0 Å². The molecule has 0 bridgehead atoms. The normalized spacial score (nSPS) is 16.4. The fraction of sp³-hybridized carbons (Fsp3) is 0.450. The minimum Gasteiger partial charge on any atom is -0.354 e. The highest BCUT2D eigenvalue weighted by Gasteiger charge is 2.26. The Morgan fingerprint density at radius 1 is 1.20 bits per heavy atom. The van der Waals surface area contributed by atoms with Gasteiger partial charge in [0, 0.05) is 57.1 Å². The summed E-state index contributed by atoms with van der Waals surface area (Å²) >= 11 is 0. The van der Waals surface area contributed by atoms with Gasteiger partial charge in [0.2, 0.25) is 10.0 Å². The van der Waals surface area contributed by atoms with Gasteiger partial charge in [-0.3, -0.25) is 15.0 Å². The van der Waals surface area contributed by atoms with Crippen molar-refractivity contribution in [2.75, 3.05) is 37.6 Å². The summed E-state index contributed by atoms with van der Waals surface area (Å²) in [5, 5.41) is 11.1. The van der Waals surface area contributed by atoms with E-state index < -0.39 is 14.9 Å². The smallest absolute Gasteiger partial charge is 0.271 e. The molecule has 1 N–H and O–H groups in total. The number of hydrogen-bond donors (Lipinski definition) is 1. The van der Waals surface area contributed by atoms with Gasteiger partial charge in [-0.2, -0.15) is 0 Å². The number of aryl methyl sites for hydroxylation is 1. The van der Waals surface area contributed by atoms with Gasteiger partial charge < -0.3 is 4.90 Å². The Balaban J connectivity index is 1.62. The Bertz CT molecular complexity index is 1010. The number of hydrogen-bond acceptors (Lipinski definition) is 7. The topological polar surface area (TPSA) is 109 Å². The summed E-state index contributed by atoms with van der Waals surface area (Å²) in [7, 11) is -3.87. The molecule has 1 saturated heterocycles. The molecular weight excluding hydrogens is 406 g/mol. The molecule has 0 amide bonds. The predicted octanol–water partition coefficient (Wildman–Crippen LogP) is 2.10. The van der Waals surface area contributed by atoms with E-state index in [9.17, 15) is 18.5 Å². The third-order valence-corrected chi connectivity index (χ3v) is 7.05. The zero-order valence-corrected chi connectivity index (χ0v) is 18.2. The van der Waals surface area contributed by atoms with Gasteiger partial charge in [0.25, 0.3) is 5.69 Å². The van der Waals surface area contributed by atoms with Crippen molar-refractivity contribution in [2.24, 2.45) is 0 Å². The van der Waals surface area contributed by atoms with Crippen LogP contribution in [-0.2, 0) is 10.0 Å². The van der Waals surface area contributed by atoms with Gasteiger partial charge in [0.1, 0.15) is 5.82 Å². The zero-order valence-electron chi connectivity index (χ0n) is 17.4. The lowest BCUT2D eigenvalue weighted by molar-refractivity contribution is -0.385. The molecular formula is C20H27N5O4S. The standard InChI is InChI=1S/C20H27N5O4S/c1-15-12-18(25(26)27)13-19(17(15)3)30(28,29)22-16(2)14-23-8-10-24(11-9-23)20-6-4-5-7-21-20/h4-7,12-13,16,22H,8-11,14H2,1-3H3. The molecule has 0 radical (unpaired) electrons. The fourth-order valence-electron chi connectivity index (χ4n) is 3.65. The van der Waals surface area contributed by atoms with Crippen LogP contribution in [0, 0.1) is 24.0 Å². The Kier molecular flexibility index (Phi) is 6.69. The molecule has 2 heterocycles. The first-order chi connectivity index (χ1) is 14.2. The average molecular weight is 434 g/mol. The van der Waals surface area contributed by atoms with E-state index in [1.165, 1.54) is 6.07 Å². The van der Waals surface area contributed by atoms with Crippen molar-refractivity contribution in [3.05, 3.63) is 57.8 Å². The number of nitrogens with zero attached hydrogens (tertiary/aromatic N) is 4. The second-order valence-corrected chi connectivity index (χ2v) is 9.32. The van der Waals surface area contributed by atoms with E-state index in [-0.39, 0.29) is 16.6 Å². The number of nitro benzene ring substituents is 1. The zero-order chi connectivity index (χ0) is 21.9. The number of pyridine rings is 1. The van der Waals surface area contributed by atoms with E-state index in [1.54, 1.807) is 20.0 Å². The van der Waals surface area contributed by atoms with Gasteiger partial charge in [-0.1, -0.05) is 6.07 Å². The van der Waals surface area contributed by atoms with Crippen molar-refractivity contribution < 1.29 is 13.3 Å². The van der Waals surface area contributed by atoms with Gasteiger partial charge in [-0.05, 0) is 44.0 Å². The molecule has 1 aliphatic heterocycles. The number of aromatic nitrogens is 1. The van der Waals surface area contributed by atoms with Gasteiger partial charge in [0.05, 0.1) is 9.82 Å². The third-order valence-electron chi connectivity index (χ3n) is 5.34. The SMILES string of the molecule is Cc1cc([N+](=O)[O-])cc(S(=O)(=O)NC(C)CN2CCN(c3ccccn3)CC2)c1C. The van der Waals surface area contributed by atoms with Crippen molar-refractivity contribution in [3.8, 4) is 0 Å². The monoisotopic (exact) mass is 433 g/mol. The quantitative estimate of drug-likeness (QED) is 0.526. The van der Waals surface area contributed by atoms with Crippen molar-refractivity contribution in [1.82, 2.24) is 14.6 Å². The number of nitrogens with one attached hydrogen (secondary N) is 1. The van der Waals surface area contributed by atoms with E-state index in [2.05, 4.69) is 19.5 Å². The van der Waals surface area contributed by atoms with E-state index in [0.717, 1.165) is 38.1 Å². The third kappa shape index (κ3) is 5.13. The summed E-state index contributed by atoms with van der Waals surface area (Å²) in [5.41, 5.74) is 0.865. The van der Waals surface area contributed by atoms with Crippen molar-refractivity contribution in [3.63, 3.8) is 0 Å². The number of nitro groups is 1. The van der Waals surface area contributed by atoms with Gasteiger partial charge in [-0.25, -0.2) is 18.1 Å². The minimum atomic E-state index is -3.87. The number of rotatable bonds is 7. The second-order valence-electron chi connectivity index (χ2n) is 7.64. The molecule has 0 saturated carbocycles. The molecule has 2 aromatic rings. The summed E-state index contributed by atoms with van der Waals surface area (Å²) in [6.45, 7) is 8.94. The van der Waals surface area contributed by atoms with Crippen LogP contribution in [0.4, 0.5) is 11.5 Å². The number of piperazine rings is 1. The molecule has 1 unspecified atom stereocenters. The molecule has 1 fully saturated rings. The minimum absolute atomic E-state index is 0.0407. The van der Waals surface area contributed by atoms with Crippen LogP contribution >= 0.6 is 0 Å². The second kappa shape index (κ2) is 9.07. The van der Waals surface area contributed by atoms with Crippen molar-refractivity contribution >= 4 is 21.5 Å². The molecule has 1 atom stereocenters. The number of non-ortho nitro benzene ring substituents is 1. The molecule has 3 rings (SSSR count). The Morgan fingerprint density at radius 3 is 2.50 bits per heavy atom. The lowest BCUT2D eigenvalue weighted by Gasteiger charge is -2.36. The molecule has 30 heavy (non-hydrogen) atoms. The van der Waals surface area contributed by atoms with E-state index in [1.807, 2.05) is 25.1 Å². The summed E-state index contributed by atoms with van der Waals surface area (Å²) in [6, 6.07) is 8.01. The Morgan fingerprint density at radius 2 is 1.90 bits per heavy atom. The number of benzene rings is 1. The average Bonchev–Trinajstić information content (AvgIpc) is 2.70. The summed E-state index contributed by atoms with van der Waals surface area (Å²) in [5.74, 6) is 0.947. The highest BCUT2D eigenvalue weighted by atomic mass is 32.2. The summed E-state index contributed by atoms with van der Waals surface area (Å²) in [4.78, 5) is 19.3. The van der Waals surface area contributed by atoms with Crippen LogP contribution in [0.2, 0.25) is 0 Å². The first-order valence-electron chi connectivity index (χ1n) is 9.83. The molecule has 1 aromatic carbocycles. The largest absolute Gasteiger partial charge is 0.354 e. The molecule has 0 aliphatic carbocycles. The van der Waals surface area contributed by atoms with Crippen LogP contribution in [0.25, 0.3) is 0 Å². The van der Waals surface area contributed by atoms with Crippen LogP contribution in [0.5, 0.6) is 0 Å². The fourth-order valence-corrected chi connectivity index (χ4v) is 5.22.